The highest BCUT2D eigenvalue weighted by Crippen LogP contribution is 2.30. The van der Waals surface area contributed by atoms with Gasteiger partial charge in [0, 0.05) is 6.92 Å². The predicted octanol–water partition coefficient (Wildman–Crippen LogP) is 2.80. The minimum atomic E-state index is -0.451. The molecule has 1 rings (SSSR count). The van der Waals surface area contributed by atoms with E-state index in [9.17, 15) is 9.90 Å². The first-order valence-electron chi connectivity index (χ1n) is 6.29. The molecule has 0 aliphatic rings. The van der Waals surface area contributed by atoms with Crippen LogP contribution < -0.4 is 10.5 Å². The molecule has 0 aliphatic carbocycles. The topological polar surface area (TPSA) is 72.6 Å². The molecule has 1 aromatic rings. The summed E-state index contributed by atoms with van der Waals surface area (Å²) in [7, 11) is 0. The fourth-order valence-electron chi connectivity index (χ4n) is 1.56. The molecule has 1 aromatic carbocycles. The van der Waals surface area contributed by atoms with Crippen molar-refractivity contribution < 1.29 is 14.6 Å². The zero-order chi connectivity index (χ0) is 14.1. The summed E-state index contributed by atoms with van der Waals surface area (Å²) in [4.78, 5) is 10.8. The first kappa shape index (κ1) is 16.4. The lowest BCUT2D eigenvalue weighted by Crippen LogP contribution is -2.12. The van der Waals surface area contributed by atoms with Crippen LogP contribution in [0.15, 0.2) is 18.2 Å². The van der Waals surface area contributed by atoms with Crippen LogP contribution in [0.3, 0.4) is 0 Å². The van der Waals surface area contributed by atoms with Crippen LogP contribution in [0.1, 0.15) is 45.6 Å². The Morgan fingerprint density at radius 1 is 1.44 bits per heavy atom. The van der Waals surface area contributed by atoms with Gasteiger partial charge in [-0.1, -0.05) is 26.8 Å². The molecule has 0 bridgehead atoms. The van der Waals surface area contributed by atoms with E-state index in [1.807, 2.05) is 20.8 Å². The Morgan fingerprint density at radius 2 is 2.06 bits per heavy atom. The van der Waals surface area contributed by atoms with Gasteiger partial charge in [-0.3, -0.25) is 4.79 Å². The summed E-state index contributed by atoms with van der Waals surface area (Å²) in [5.41, 5.74) is 6.61. The molecule has 0 heterocycles. The number of carbonyl (C=O) groups excluding carboxylic acids is 1. The molecule has 4 heteroatoms. The van der Waals surface area contributed by atoms with Gasteiger partial charge in [-0.15, -0.1) is 0 Å². The SMILES string of the molecule is CC.CCC(CN)c1ccc(O)c(OC(C)=O)c1. The summed E-state index contributed by atoms with van der Waals surface area (Å²) >= 11 is 0. The Hall–Kier alpha value is -1.55. The van der Waals surface area contributed by atoms with Crippen LogP contribution in [-0.4, -0.2) is 17.6 Å². The number of hydrogen-bond donors (Lipinski definition) is 2. The second kappa shape index (κ2) is 8.53. The lowest BCUT2D eigenvalue weighted by Gasteiger charge is -2.14. The molecule has 1 atom stereocenters. The number of esters is 1. The largest absolute Gasteiger partial charge is 0.504 e. The molecule has 4 nitrogen and oxygen atoms in total. The van der Waals surface area contributed by atoms with Crippen LogP contribution in [0.4, 0.5) is 0 Å². The van der Waals surface area contributed by atoms with Crippen LogP contribution in [0, 0.1) is 0 Å². The summed E-state index contributed by atoms with van der Waals surface area (Å²) in [6.07, 6.45) is 0.904. The fourth-order valence-corrected chi connectivity index (χ4v) is 1.56. The molecule has 0 fully saturated rings. The van der Waals surface area contributed by atoms with Crippen LogP contribution in [0.25, 0.3) is 0 Å². The summed E-state index contributed by atoms with van der Waals surface area (Å²) in [5, 5.41) is 9.50. The first-order chi connectivity index (χ1) is 8.58. The van der Waals surface area contributed by atoms with Crippen molar-refractivity contribution >= 4 is 5.97 Å². The Labute approximate surface area is 109 Å². The molecule has 0 saturated heterocycles. The third kappa shape index (κ3) is 4.75. The normalized spacial score (nSPS) is 11.2. The van der Waals surface area contributed by atoms with E-state index in [-0.39, 0.29) is 17.4 Å². The monoisotopic (exact) mass is 253 g/mol. The number of phenolic OH excluding ortho intramolecular Hbond substituents is 1. The highest BCUT2D eigenvalue weighted by Gasteiger charge is 2.12. The fraction of sp³-hybridized carbons (Fsp3) is 0.500. The summed E-state index contributed by atoms with van der Waals surface area (Å²) in [6, 6.07) is 4.98. The van der Waals surface area contributed by atoms with Gasteiger partial charge < -0.3 is 15.6 Å². The number of ether oxygens (including phenoxy) is 1. The van der Waals surface area contributed by atoms with Gasteiger partial charge in [-0.2, -0.15) is 0 Å². The van der Waals surface area contributed by atoms with Gasteiger partial charge in [0.2, 0.25) is 0 Å². The van der Waals surface area contributed by atoms with Gasteiger partial charge in [-0.05, 0) is 36.6 Å². The van der Waals surface area contributed by atoms with Gasteiger partial charge in [0.05, 0.1) is 0 Å². The maximum absolute atomic E-state index is 10.8. The summed E-state index contributed by atoms with van der Waals surface area (Å²) in [6.45, 7) is 7.86. The van der Waals surface area contributed by atoms with Gasteiger partial charge in [0.25, 0.3) is 0 Å². The third-order valence-electron chi connectivity index (χ3n) is 2.49. The van der Waals surface area contributed by atoms with E-state index in [0.717, 1.165) is 12.0 Å². The van der Waals surface area contributed by atoms with Crippen molar-refractivity contribution in [2.24, 2.45) is 5.73 Å². The van der Waals surface area contributed by atoms with Gasteiger partial charge >= 0.3 is 5.97 Å². The molecule has 102 valence electrons. The average molecular weight is 253 g/mol. The highest BCUT2D eigenvalue weighted by atomic mass is 16.5. The number of phenols is 1. The zero-order valence-corrected chi connectivity index (χ0v) is 11.6. The van der Waals surface area contributed by atoms with E-state index in [2.05, 4.69) is 0 Å². The molecule has 0 spiro atoms. The molecule has 0 aromatic heterocycles. The van der Waals surface area contributed by atoms with E-state index in [0.29, 0.717) is 6.54 Å². The summed E-state index contributed by atoms with van der Waals surface area (Å²) < 4.78 is 4.90. The number of nitrogens with two attached hydrogens (primary N) is 1. The lowest BCUT2D eigenvalue weighted by molar-refractivity contribution is -0.132. The quantitative estimate of drug-likeness (QED) is 0.639. The van der Waals surface area contributed by atoms with Gasteiger partial charge in [0.1, 0.15) is 0 Å². The Kier molecular flexibility index (Phi) is 7.79. The molecule has 3 N–H and O–H groups in total. The third-order valence-corrected chi connectivity index (χ3v) is 2.49. The minimum Gasteiger partial charge on any atom is -0.504 e. The number of hydrogen-bond acceptors (Lipinski definition) is 4. The van der Waals surface area contributed by atoms with Crippen LogP contribution in [0.5, 0.6) is 11.5 Å². The van der Waals surface area contributed by atoms with E-state index in [1.165, 1.54) is 13.0 Å². The van der Waals surface area contributed by atoms with Crippen molar-refractivity contribution in [3.63, 3.8) is 0 Å². The molecule has 1 unspecified atom stereocenters. The van der Waals surface area contributed by atoms with E-state index < -0.39 is 5.97 Å². The molecule has 0 saturated carbocycles. The maximum atomic E-state index is 10.8. The van der Waals surface area contributed by atoms with Crippen LogP contribution >= 0.6 is 0 Å². The number of aromatic hydroxyl groups is 1. The second-order valence-corrected chi connectivity index (χ2v) is 3.66. The van der Waals surface area contributed by atoms with E-state index in [4.69, 9.17) is 10.5 Å². The standard InChI is InChI=1S/C12H17NO3.C2H6/c1-3-9(7-13)10-4-5-11(15)12(6-10)16-8(2)14;1-2/h4-6,9,15H,3,7,13H2,1-2H3;1-2H3. The first-order valence-corrected chi connectivity index (χ1v) is 6.29. The van der Waals surface area contributed by atoms with Crippen molar-refractivity contribution in [2.45, 2.75) is 40.0 Å². The van der Waals surface area contributed by atoms with Crippen molar-refractivity contribution in [3.05, 3.63) is 23.8 Å². The summed E-state index contributed by atoms with van der Waals surface area (Å²) in [5.74, 6) is -0.0779. The van der Waals surface area contributed by atoms with Crippen LogP contribution in [0.2, 0.25) is 0 Å². The predicted molar refractivity (Wildman–Crippen MR) is 72.9 cm³/mol. The molecule has 0 radical (unpaired) electrons. The smallest absolute Gasteiger partial charge is 0.308 e. The van der Waals surface area contributed by atoms with Crippen LogP contribution in [-0.2, 0) is 4.79 Å². The van der Waals surface area contributed by atoms with Crippen molar-refractivity contribution in [3.8, 4) is 11.5 Å². The Balaban J connectivity index is 0.00000137. The van der Waals surface area contributed by atoms with Crippen molar-refractivity contribution in [2.75, 3.05) is 6.54 Å². The number of benzene rings is 1. The molecule has 18 heavy (non-hydrogen) atoms. The minimum absolute atomic E-state index is 0.0363. The average Bonchev–Trinajstić information content (AvgIpc) is 2.36. The van der Waals surface area contributed by atoms with Gasteiger partial charge in [-0.25, -0.2) is 0 Å². The molecule has 0 amide bonds. The number of carbonyl (C=O) groups is 1. The maximum Gasteiger partial charge on any atom is 0.308 e. The molecule has 0 aliphatic heterocycles. The Morgan fingerprint density at radius 3 is 2.50 bits per heavy atom. The van der Waals surface area contributed by atoms with E-state index in [1.54, 1.807) is 12.1 Å². The van der Waals surface area contributed by atoms with Crippen molar-refractivity contribution in [1.29, 1.82) is 0 Å². The lowest BCUT2D eigenvalue weighted by atomic mass is 9.96. The highest BCUT2D eigenvalue weighted by molar-refractivity contribution is 5.70. The van der Waals surface area contributed by atoms with Gasteiger partial charge in [0.15, 0.2) is 11.5 Å². The van der Waals surface area contributed by atoms with Crippen molar-refractivity contribution in [1.82, 2.24) is 0 Å². The zero-order valence-electron chi connectivity index (χ0n) is 11.6. The molecular weight excluding hydrogens is 230 g/mol. The van der Waals surface area contributed by atoms with E-state index >= 15 is 0 Å². The molecular formula is C14H23NO3. The Bertz CT molecular complexity index is 373. The second-order valence-electron chi connectivity index (χ2n) is 3.66. The number of rotatable bonds is 4.